The molecule has 1 spiro atoms. The number of Topliss-reactive ketones (excluding diaryl/α,β-unsaturated/α-hetero) is 1. The van der Waals surface area contributed by atoms with Crippen molar-refractivity contribution in [1.82, 2.24) is 5.32 Å². The summed E-state index contributed by atoms with van der Waals surface area (Å²) in [4.78, 5) is 27.2. The van der Waals surface area contributed by atoms with E-state index >= 15 is 0 Å². The third kappa shape index (κ3) is 4.73. The van der Waals surface area contributed by atoms with E-state index in [-0.39, 0.29) is 17.9 Å². The first-order valence-electron chi connectivity index (χ1n) is 12.9. The van der Waals surface area contributed by atoms with Gasteiger partial charge in [-0.2, -0.15) is 0 Å². The van der Waals surface area contributed by atoms with Crippen LogP contribution in [-0.4, -0.2) is 17.7 Å². The number of thiophene rings is 1. The molecule has 1 N–H and O–H groups in total. The molecule has 0 saturated heterocycles. The summed E-state index contributed by atoms with van der Waals surface area (Å²) in [7, 11) is 0. The first-order valence-corrected chi connectivity index (χ1v) is 13.7. The molecule has 4 heteroatoms. The highest BCUT2D eigenvalue weighted by molar-refractivity contribution is 7.12. The van der Waals surface area contributed by atoms with Gasteiger partial charge in [-0.1, -0.05) is 55.5 Å². The number of rotatable bonds is 7. The summed E-state index contributed by atoms with van der Waals surface area (Å²) in [5, 5.41) is 3.30. The zero-order valence-electron chi connectivity index (χ0n) is 21.2. The monoisotopic (exact) mass is 485 g/mol. The summed E-state index contributed by atoms with van der Waals surface area (Å²) in [5.41, 5.74) is 7.35. The number of carbonyl (C=O) groups is 2. The number of ketones is 1. The Bertz CT molecular complexity index is 1240. The fraction of sp³-hybridized carbons (Fsp3) is 0.419. The fourth-order valence-electron chi connectivity index (χ4n) is 6.14. The summed E-state index contributed by atoms with van der Waals surface area (Å²) in [6.45, 7) is 8.07. The Balaban J connectivity index is 1.25. The van der Waals surface area contributed by atoms with Gasteiger partial charge in [0.2, 0.25) is 0 Å². The predicted octanol–water partition coefficient (Wildman–Crippen LogP) is 7.06. The summed E-state index contributed by atoms with van der Waals surface area (Å²) in [6.07, 6.45) is 5.87. The number of hydrogen-bond donors (Lipinski definition) is 1. The van der Waals surface area contributed by atoms with Crippen LogP contribution in [0, 0.1) is 25.2 Å². The zero-order valence-corrected chi connectivity index (χ0v) is 22.1. The second-order valence-electron chi connectivity index (χ2n) is 10.8. The van der Waals surface area contributed by atoms with Crippen molar-refractivity contribution in [2.24, 2.45) is 11.3 Å². The second kappa shape index (κ2) is 9.39. The Morgan fingerprint density at radius 1 is 0.886 bits per heavy atom. The minimum Gasteiger partial charge on any atom is -0.349 e. The molecule has 2 aliphatic rings. The topological polar surface area (TPSA) is 46.2 Å². The third-order valence-electron chi connectivity index (χ3n) is 8.27. The number of aryl methyl sites for hydroxylation is 3. The van der Waals surface area contributed by atoms with Crippen molar-refractivity contribution in [3.05, 3.63) is 80.5 Å². The van der Waals surface area contributed by atoms with Crippen LogP contribution in [0.15, 0.2) is 48.5 Å². The average Bonchev–Trinajstić information content (AvgIpc) is 3.07. The van der Waals surface area contributed by atoms with Gasteiger partial charge in [0.05, 0.1) is 5.56 Å². The highest BCUT2D eigenvalue weighted by Gasteiger charge is 2.54. The molecule has 0 bridgehead atoms. The second-order valence-corrected chi connectivity index (χ2v) is 12.2. The minimum atomic E-state index is 0.0665. The highest BCUT2D eigenvalue weighted by Crippen LogP contribution is 2.58. The van der Waals surface area contributed by atoms with Crippen LogP contribution < -0.4 is 5.32 Å². The third-order valence-corrected chi connectivity index (χ3v) is 9.33. The summed E-state index contributed by atoms with van der Waals surface area (Å²) >= 11 is 1.72. The van der Waals surface area contributed by atoms with Gasteiger partial charge < -0.3 is 5.32 Å². The Labute approximate surface area is 213 Å². The molecule has 3 nitrogen and oxygen atoms in total. The van der Waals surface area contributed by atoms with Gasteiger partial charge in [0.25, 0.3) is 5.91 Å². The number of amides is 1. The molecule has 1 amide bonds. The molecule has 35 heavy (non-hydrogen) atoms. The Kier molecular flexibility index (Phi) is 6.43. The van der Waals surface area contributed by atoms with Gasteiger partial charge in [-0.3, -0.25) is 9.59 Å². The maximum atomic E-state index is 13.3. The largest absolute Gasteiger partial charge is 0.349 e. The van der Waals surface area contributed by atoms with Gasteiger partial charge in [0.1, 0.15) is 5.78 Å². The van der Waals surface area contributed by atoms with Crippen LogP contribution in [0.3, 0.4) is 0 Å². The molecule has 182 valence electrons. The molecule has 1 aromatic heterocycles. The van der Waals surface area contributed by atoms with E-state index in [2.05, 4.69) is 74.6 Å². The van der Waals surface area contributed by atoms with Gasteiger partial charge in [0.15, 0.2) is 0 Å². The summed E-state index contributed by atoms with van der Waals surface area (Å²) in [5.74, 6) is 0.637. The average molecular weight is 486 g/mol. The van der Waals surface area contributed by atoms with Crippen LogP contribution in [0.4, 0.5) is 0 Å². The number of nitrogens with one attached hydrogen (secondary N) is 1. The maximum Gasteiger partial charge on any atom is 0.252 e. The van der Waals surface area contributed by atoms with Crippen molar-refractivity contribution < 1.29 is 9.59 Å². The van der Waals surface area contributed by atoms with Crippen LogP contribution in [0.2, 0.25) is 0 Å². The van der Waals surface area contributed by atoms with Gasteiger partial charge >= 0.3 is 0 Å². The van der Waals surface area contributed by atoms with Gasteiger partial charge in [-0.05, 0) is 92.5 Å². The standard InChI is InChI=1S/C31H35NO2S/c1-5-22-6-10-24(11-7-22)25-12-8-23(9-13-25)14-28-20(3)35-21(4)29(28)30(34)32-27-17-31(18-27)15-26(16-31)19(2)33/h6-13,26-27H,5,14-18H2,1-4H3,(H,32,34). The first kappa shape index (κ1) is 24.0. The Morgan fingerprint density at radius 3 is 2.00 bits per heavy atom. The van der Waals surface area contributed by atoms with E-state index in [4.69, 9.17) is 0 Å². The molecule has 2 aromatic carbocycles. The fourth-order valence-corrected chi connectivity index (χ4v) is 7.22. The lowest BCUT2D eigenvalue weighted by Gasteiger charge is -2.57. The smallest absolute Gasteiger partial charge is 0.252 e. The van der Waals surface area contributed by atoms with Crippen molar-refractivity contribution >= 4 is 23.0 Å². The number of carbonyl (C=O) groups excluding carboxylic acids is 2. The van der Waals surface area contributed by atoms with E-state index in [1.807, 2.05) is 0 Å². The molecule has 0 radical (unpaired) electrons. The molecular weight excluding hydrogens is 450 g/mol. The zero-order chi connectivity index (χ0) is 24.7. The van der Waals surface area contributed by atoms with Crippen LogP contribution in [-0.2, 0) is 17.6 Å². The van der Waals surface area contributed by atoms with E-state index in [0.29, 0.717) is 11.2 Å². The summed E-state index contributed by atoms with van der Waals surface area (Å²) < 4.78 is 0. The predicted molar refractivity (Wildman–Crippen MR) is 144 cm³/mol. The van der Waals surface area contributed by atoms with Crippen molar-refractivity contribution in [3.8, 4) is 11.1 Å². The van der Waals surface area contributed by atoms with Gasteiger partial charge in [0, 0.05) is 21.7 Å². The van der Waals surface area contributed by atoms with Crippen molar-refractivity contribution in [1.29, 1.82) is 0 Å². The molecular formula is C31H35NO2S. The number of hydrogen-bond acceptors (Lipinski definition) is 3. The highest BCUT2D eigenvalue weighted by atomic mass is 32.1. The number of benzene rings is 2. The molecule has 2 aliphatic carbocycles. The first-order chi connectivity index (χ1) is 16.8. The molecule has 5 rings (SSSR count). The van der Waals surface area contributed by atoms with E-state index in [1.54, 1.807) is 18.3 Å². The van der Waals surface area contributed by atoms with Crippen molar-refractivity contribution in [2.75, 3.05) is 0 Å². The lowest BCUT2D eigenvalue weighted by molar-refractivity contribution is -0.134. The van der Waals surface area contributed by atoms with E-state index in [9.17, 15) is 9.59 Å². The quantitative estimate of drug-likeness (QED) is 0.389. The van der Waals surface area contributed by atoms with Crippen molar-refractivity contribution in [3.63, 3.8) is 0 Å². The molecule has 2 saturated carbocycles. The molecule has 0 atom stereocenters. The molecule has 0 unspecified atom stereocenters. The minimum absolute atomic E-state index is 0.0665. The van der Waals surface area contributed by atoms with Crippen LogP contribution in [0.1, 0.15) is 76.3 Å². The maximum absolute atomic E-state index is 13.3. The molecule has 2 fully saturated rings. The molecule has 1 heterocycles. The van der Waals surface area contributed by atoms with Crippen LogP contribution >= 0.6 is 11.3 Å². The molecule has 0 aliphatic heterocycles. The normalized spacial score (nSPS) is 23.0. The van der Waals surface area contributed by atoms with E-state index in [0.717, 1.165) is 54.5 Å². The van der Waals surface area contributed by atoms with Crippen LogP contribution in [0.25, 0.3) is 11.1 Å². The summed E-state index contributed by atoms with van der Waals surface area (Å²) in [6, 6.07) is 17.8. The Hall–Kier alpha value is -2.72. The lowest BCUT2D eigenvalue weighted by Crippen LogP contribution is -2.57. The van der Waals surface area contributed by atoms with Gasteiger partial charge in [-0.15, -0.1) is 11.3 Å². The Morgan fingerprint density at radius 2 is 1.46 bits per heavy atom. The van der Waals surface area contributed by atoms with Crippen LogP contribution in [0.5, 0.6) is 0 Å². The van der Waals surface area contributed by atoms with Gasteiger partial charge in [-0.25, -0.2) is 0 Å². The van der Waals surface area contributed by atoms with E-state index in [1.165, 1.54) is 27.1 Å². The molecule has 3 aromatic rings. The van der Waals surface area contributed by atoms with E-state index < -0.39 is 0 Å². The SMILES string of the molecule is CCc1ccc(-c2ccc(Cc3c(C)sc(C)c3C(=O)NC3CC4(C3)CC(C(C)=O)C4)cc2)cc1. The lowest BCUT2D eigenvalue weighted by atomic mass is 9.49. The van der Waals surface area contributed by atoms with Crippen molar-refractivity contribution in [2.45, 2.75) is 72.3 Å².